The van der Waals surface area contributed by atoms with Gasteiger partial charge in [0.25, 0.3) is 6.43 Å². The smallest absolute Gasteiger partial charge is 0.312 e. The normalized spacial score (nSPS) is 16.9. The molecular weight excluding hydrogens is 447 g/mol. The quantitative estimate of drug-likeness (QED) is 0.515. The van der Waals surface area contributed by atoms with E-state index >= 15 is 0 Å². The summed E-state index contributed by atoms with van der Waals surface area (Å²) in [6, 6.07) is 3.72. The number of hydrogen-bond donors (Lipinski definition) is 0. The molecule has 0 spiro atoms. The van der Waals surface area contributed by atoms with Gasteiger partial charge in [0.15, 0.2) is 5.78 Å². The molecule has 2 amide bonds. The van der Waals surface area contributed by atoms with Crippen LogP contribution in [0.2, 0.25) is 0 Å². The molecule has 6 nitrogen and oxygen atoms in total. The van der Waals surface area contributed by atoms with Crippen molar-refractivity contribution < 1.29 is 31.5 Å². The number of pyridine rings is 2. The SMILES string of the molecule is CC(C)C[C@H]1CN(c2ccc(C(F)(F)F)nc2)C(=O)N1CC(=O)Cc1ccc(C(F)F)nc1. The second-order valence-electron chi connectivity index (χ2n) is 8.31. The van der Waals surface area contributed by atoms with Gasteiger partial charge in [-0.15, -0.1) is 0 Å². The van der Waals surface area contributed by atoms with Gasteiger partial charge in [-0.05, 0) is 36.1 Å². The topological polar surface area (TPSA) is 66.4 Å². The van der Waals surface area contributed by atoms with Crippen molar-refractivity contribution in [3.63, 3.8) is 0 Å². The molecule has 3 heterocycles. The number of urea groups is 1. The largest absolute Gasteiger partial charge is 0.433 e. The summed E-state index contributed by atoms with van der Waals surface area (Å²) in [6.45, 7) is 3.92. The first-order valence-corrected chi connectivity index (χ1v) is 10.3. The van der Waals surface area contributed by atoms with E-state index in [-0.39, 0.29) is 42.9 Å². The van der Waals surface area contributed by atoms with E-state index in [2.05, 4.69) is 9.97 Å². The molecular formula is C22H23F5N4O2. The minimum atomic E-state index is -4.59. The Morgan fingerprint density at radius 2 is 1.85 bits per heavy atom. The molecule has 0 saturated carbocycles. The lowest BCUT2D eigenvalue weighted by Crippen LogP contribution is -2.40. The molecule has 2 aromatic heterocycles. The molecule has 11 heteroatoms. The fraction of sp³-hybridized carbons (Fsp3) is 0.455. The summed E-state index contributed by atoms with van der Waals surface area (Å²) in [5, 5.41) is 0. The standard InChI is InChI=1S/C22H23F5N4O2/c1-13(2)7-16-11-30(15-4-6-19(29-10-15)22(25,26)27)21(33)31(16)12-17(32)8-14-3-5-18(20(23)24)28-9-14/h3-6,9-10,13,16,20H,7-8,11-12H2,1-2H3/t16-/m0/s1. The molecule has 0 N–H and O–H groups in total. The molecule has 178 valence electrons. The molecule has 1 atom stereocenters. The maximum absolute atomic E-state index is 13.0. The summed E-state index contributed by atoms with van der Waals surface area (Å²) >= 11 is 0. The van der Waals surface area contributed by atoms with Gasteiger partial charge >= 0.3 is 12.2 Å². The Balaban J connectivity index is 1.73. The van der Waals surface area contributed by atoms with E-state index in [1.165, 1.54) is 28.1 Å². The highest BCUT2D eigenvalue weighted by Gasteiger charge is 2.39. The predicted molar refractivity (Wildman–Crippen MR) is 110 cm³/mol. The van der Waals surface area contributed by atoms with E-state index in [0.717, 1.165) is 18.3 Å². The van der Waals surface area contributed by atoms with Gasteiger partial charge < -0.3 is 4.90 Å². The molecule has 0 radical (unpaired) electrons. The van der Waals surface area contributed by atoms with Crippen molar-refractivity contribution in [2.45, 2.75) is 45.3 Å². The van der Waals surface area contributed by atoms with Crippen molar-refractivity contribution in [2.75, 3.05) is 18.0 Å². The Kier molecular flexibility index (Phi) is 7.28. The zero-order valence-corrected chi connectivity index (χ0v) is 18.0. The zero-order valence-electron chi connectivity index (χ0n) is 18.0. The Morgan fingerprint density at radius 3 is 2.36 bits per heavy atom. The molecule has 0 aromatic carbocycles. The molecule has 1 aliphatic rings. The number of ketones is 1. The second kappa shape index (κ2) is 9.80. The number of halogens is 5. The average Bonchev–Trinajstić information content (AvgIpc) is 3.02. The van der Waals surface area contributed by atoms with Crippen LogP contribution in [0.3, 0.4) is 0 Å². The van der Waals surface area contributed by atoms with Gasteiger partial charge in [-0.25, -0.2) is 18.6 Å². The van der Waals surface area contributed by atoms with Gasteiger partial charge in [0.1, 0.15) is 11.4 Å². The third-order valence-corrected chi connectivity index (χ3v) is 5.22. The summed E-state index contributed by atoms with van der Waals surface area (Å²) in [5.41, 5.74) is -0.794. The summed E-state index contributed by atoms with van der Waals surface area (Å²) in [4.78, 5) is 35.4. The number of aromatic nitrogens is 2. The van der Waals surface area contributed by atoms with E-state index in [9.17, 15) is 31.5 Å². The number of hydrogen-bond acceptors (Lipinski definition) is 4. The first-order valence-electron chi connectivity index (χ1n) is 10.3. The summed E-state index contributed by atoms with van der Waals surface area (Å²) < 4.78 is 63.7. The van der Waals surface area contributed by atoms with Crippen molar-refractivity contribution in [3.05, 3.63) is 53.6 Å². The van der Waals surface area contributed by atoms with Gasteiger partial charge in [0, 0.05) is 19.2 Å². The van der Waals surface area contributed by atoms with E-state index in [1.807, 2.05) is 13.8 Å². The number of carbonyl (C=O) groups excluding carboxylic acids is 2. The van der Waals surface area contributed by atoms with Gasteiger partial charge in [-0.1, -0.05) is 19.9 Å². The van der Waals surface area contributed by atoms with Crippen LogP contribution in [0, 0.1) is 5.92 Å². The molecule has 1 fully saturated rings. The van der Waals surface area contributed by atoms with Crippen molar-refractivity contribution in [1.29, 1.82) is 0 Å². The summed E-state index contributed by atoms with van der Waals surface area (Å²) in [5.74, 6) is -0.103. The van der Waals surface area contributed by atoms with E-state index in [1.54, 1.807) is 0 Å². The molecule has 33 heavy (non-hydrogen) atoms. The Hall–Kier alpha value is -3.11. The Morgan fingerprint density at radius 1 is 1.12 bits per heavy atom. The number of Topliss-reactive ketones (excluding diaryl/α,β-unsaturated/α-hetero) is 1. The maximum atomic E-state index is 13.0. The van der Waals surface area contributed by atoms with Crippen molar-refractivity contribution in [3.8, 4) is 0 Å². The number of nitrogens with zero attached hydrogens (tertiary/aromatic N) is 4. The highest BCUT2D eigenvalue weighted by Crippen LogP contribution is 2.31. The Labute approximate surface area is 187 Å². The average molecular weight is 470 g/mol. The summed E-state index contributed by atoms with van der Waals surface area (Å²) in [7, 11) is 0. The third-order valence-electron chi connectivity index (χ3n) is 5.22. The van der Waals surface area contributed by atoms with Gasteiger partial charge in [0.2, 0.25) is 0 Å². The lowest BCUT2D eigenvalue weighted by Gasteiger charge is -2.23. The van der Waals surface area contributed by atoms with Crippen LogP contribution in [0.15, 0.2) is 36.7 Å². The van der Waals surface area contributed by atoms with Crippen LogP contribution < -0.4 is 4.90 Å². The highest BCUT2D eigenvalue weighted by atomic mass is 19.4. The minimum absolute atomic E-state index is 0.0868. The van der Waals surface area contributed by atoms with Gasteiger partial charge in [-0.3, -0.25) is 14.7 Å². The van der Waals surface area contributed by atoms with Crippen LogP contribution >= 0.6 is 0 Å². The second-order valence-corrected chi connectivity index (χ2v) is 8.31. The molecule has 0 bridgehead atoms. The fourth-order valence-corrected chi connectivity index (χ4v) is 3.71. The number of carbonyl (C=O) groups is 2. The van der Waals surface area contributed by atoms with Crippen LogP contribution in [-0.4, -0.2) is 45.8 Å². The Bertz CT molecular complexity index is 978. The molecule has 1 aliphatic heterocycles. The van der Waals surface area contributed by atoms with Crippen molar-refractivity contribution in [1.82, 2.24) is 14.9 Å². The molecule has 0 unspecified atom stereocenters. The van der Waals surface area contributed by atoms with Gasteiger partial charge in [0.05, 0.1) is 24.5 Å². The molecule has 1 saturated heterocycles. The van der Waals surface area contributed by atoms with Crippen LogP contribution in [-0.2, 0) is 17.4 Å². The van der Waals surface area contributed by atoms with E-state index in [4.69, 9.17) is 0 Å². The monoisotopic (exact) mass is 470 g/mol. The van der Waals surface area contributed by atoms with Crippen molar-refractivity contribution in [2.24, 2.45) is 5.92 Å². The van der Waals surface area contributed by atoms with Crippen LogP contribution in [0.1, 0.15) is 43.6 Å². The number of alkyl halides is 5. The van der Waals surface area contributed by atoms with Gasteiger partial charge in [-0.2, -0.15) is 13.2 Å². The molecule has 2 aromatic rings. The highest BCUT2D eigenvalue weighted by molar-refractivity contribution is 5.97. The number of rotatable bonds is 8. The van der Waals surface area contributed by atoms with E-state index in [0.29, 0.717) is 12.0 Å². The maximum Gasteiger partial charge on any atom is 0.433 e. The number of amides is 2. The lowest BCUT2D eigenvalue weighted by molar-refractivity contribution is -0.141. The van der Waals surface area contributed by atoms with Crippen LogP contribution in [0.5, 0.6) is 0 Å². The minimum Gasteiger partial charge on any atom is -0.312 e. The molecule has 3 rings (SSSR count). The third kappa shape index (κ3) is 6.02. The lowest BCUT2D eigenvalue weighted by atomic mass is 10.0. The first kappa shape index (κ1) is 24.5. The fourth-order valence-electron chi connectivity index (χ4n) is 3.71. The summed E-state index contributed by atoms with van der Waals surface area (Å²) in [6.07, 6.45) is -4.59. The zero-order chi connectivity index (χ0) is 24.3. The van der Waals surface area contributed by atoms with E-state index < -0.39 is 30.0 Å². The first-order chi connectivity index (χ1) is 15.5. The molecule has 0 aliphatic carbocycles. The van der Waals surface area contributed by atoms with Crippen LogP contribution in [0.4, 0.5) is 32.4 Å². The van der Waals surface area contributed by atoms with Crippen LogP contribution in [0.25, 0.3) is 0 Å². The number of anilines is 1. The van der Waals surface area contributed by atoms with Crippen molar-refractivity contribution >= 4 is 17.5 Å². The predicted octanol–water partition coefficient (Wildman–Crippen LogP) is 4.90.